The number of fused-ring (bicyclic) bond motifs is 3. The topological polar surface area (TPSA) is 66.8 Å². The minimum Gasteiger partial charge on any atom is -0.365 e. The molecule has 0 aromatic heterocycles. The molecule has 5 nitrogen and oxygen atoms in total. The molecule has 1 aromatic carbocycles. The maximum absolute atomic E-state index is 12.3. The molecule has 2 aliphatic rings. The van der Waals surface area contributed by atoms with Crippen molar-refractivity contribution in [2.75, 3.05) is 7.11 Å². The van der Waals surface area contributed by atoms with E-state index in [-0.39, 0.29) is 12.2 Å². The van der Waals surface area contributed by atoms with Gasteiger partial charge in [-0.3, -0.25) is 14.4 Å². The minimum absolute atomic E-state index is 0.0742. The molecular formula is C14H13NO4. The van der Waals surface area contributed by atoms with E-state index in [9.17, 15) is 14.7 Å². The molecule has 2 atom stereocenters. The predicted molar refractivity (Wildman–Crippen MR) is 66.1 cm³/mol. The first-order valence-corrected chi connectivity index (χ1v) is 6.00. The quantitative estimate of drug-likeness (QED) is 0.817. The van der Waals surface area contributed by atoms with Crippen LogP contribution < -0.4 is 0 Å². The van der Waals surface area contributed by atoms with Gasteiger partial charge in [0.05, 0.1) is 7.11 Å². The van der Waals surface area contributed by atoms with E-state index in [0.29, 0.717) is 11.1 Å². The van der Waals surface area contributed by atoms with Crippen molar-refractivity contribution in [1.82, 2.24) is 5.06 Å². The molecule has 1 N–H and O–H groups in total. The van der Waals surface area contributed by atoms with Gasteiger partial charge in [0.15, 0.2) is 11.5 Å². The van der Waals surface area contributed by atoms with Crippen molar-refractivity contribution < 1.29 is 19.5 Å². The lowest BCUT2D eigenvalue weighted by molar-refractivity contribution is -0.236. The molecule has 5 heteroatoms. The summed E-state index contributed by atoms with van der Waals surface area (Å²) in [6, 6.07) is 6.97. The zero-order chi connectivity index (χ0) is 13.6. The Bertz CT molecular complexity index is 595. The summed E-state index contributed by atoms with van der Waals surface area (Å²) in [5, 5.41) is 11.7. The number of hydrogen-bond acceptors (Lipinski definition) is 4. The van der Waals surface area contributed by atoms with E-state index in [1.165, 1.54) is 19.3 Å². The molecule has 1 aromatic rings. The highest BCUT2D eigenvalue weighted by molar-refractivity contribution is 5.99. The fourth-order valence-corrected chi connectivity index (χ4v) is 2.80. The minimum atomic E-state index is -1.60. The summed E-state index contributed by atoms with van der Waals surface area (Å²) in [6.07, 6.45) is 2.78. The molecule has 19 heavy (non-hydrogen) atoms. The van der Waals surface area contributed by atoms with Gasteiger partial charge in [0, 0.05) is 17.9 Å². The Hall–Kier alpha value is -1.98. The van der Waals surface area contributed by atoms with E-state index < -0.39 is 17.6 Å². The number of ketones is 1. The first kappa shape index (κ1) is 12.1. The molecule has 0 spiro atoms. The van der Waals surface area contributed by atoms with Gasteiger partial charge in [0.1, 0.15) is 0 Å². The number of amides is 1. The van der Waals surface area contributed by atoms with Crippen LogP contribution in [-0.4, -0.2) is 34.7 Å². The van der Waals surface area contributed by atoms with Crippen molar-refractivity contribution >= 4 is 11.7 Å². The van der Waals surface area contributed by atoms with E-state index in [0.717, 1.165) is 5.06 Å². The summed E-state index contributed by atoms with van der Waals surface area (Å²) in [5.74, 6) is -0.982. The summed E-state index contributed by atoms with van der Waals surface area (Å²) in [4.78, 5) is 29.0. The van der Waals surface area contributed by atoms with Crippen LogP contribution in [0.4, 0.5) is 0 Å². The molecule has 0 fully saturated rings. The summed E-state index contributed by atoms with van der Waals surface area (Å²) in [6.45, 7) is 0. The van der Waals surface area contributed by atoms with Crippen molar-refractivity contribution in [3.05, 3.63) is 47.5 Å². The van der Waals surface area contributed by atoms with Gasteiger partial charge < -0.3 is 5.11 Å². The number of carbonyl (C=O) groups excluding carboxylic acids is 2. The van der Waals surface area contributed by atoms with E-state index in [4.69, 9.17) is 4.84 Å². The van der Waals surface area contributed by atoms with Crippen LogP contribution in [0.25, 0.3) is 0 Å². The van der Waals surface area contributed by atoms with Crippen LogP contribution in [0.15, 0.2) is 36.4 Å². The molecular weight excluding hydrogens is 246 g/mol. The van der Waals surface area contributed by atoms with Crippen LogP contribution >= 0.6 is 0 Å². The van der Waals surface area contributed by atoms with Gasteiger partial charge in [0.2, 0.25) is 0 Å². The average Bonchev–Trinajstić information content (AvgIpc) is 2.41. The van der Waals surface area contributed by atoms with Crippen molar-refractivity contribution in [2.45, 2.75) is 18.1 Å². The second-order valence-corrected chi connectivity index (χ2v) is 4.71. The van der Waals surface area contributed by atoms with Crippen LogP contribution in [0.1, 0.15) is 28.3 Å². The summed E-state index contributed by atoms with van der Waals surface area (Å²) < 4.78 is 0. The molecule has 1 aliphatic carbocycles. The Kier molecular flexibility index (Phi) is 2.55. The Morgan fingerprint density at radius 3 is 2.84 bits per heavy atom. The third-order valence-electron chi connectivity index (χ3n) is 3.69. The molecule has 2 unspecified atom stereocenters. The van der Waals surface area contributed by atoms with Crippen LogP contribution in [0.5, 0.6) is 0 Å². The van der Waals surface area contributed by atoms with E-state index in [2.05, 4.69) is 0 Å². The van der Waals surface area contributed by atoms with Crippen LogP contribution in [0.3, 0.4) is 0 Å². The van der Waals surface area contributed by atoms with Gasteiger partial charge >= 0.3 is 0 Å². The predicted octanol–water partition coefficient (Wildman–Crippen LogP) is 1.00. The molecule has 0 bridgehead atoms. The van der Waals surface area contributed by atoms with Crippen molar-refractivity contribution in [3.63, 3.8) is 0 Å². The normalized spacial score (nSPS) is 29.2. The van der Waals surface area contributed by atoms with Crippen LogP contribution in [0.2, 0.25) is 0 Å². The molecule has 1 heterocycles. The maximum Gasteiger partial charge on any atom is 0.280 e. The number of benzene rings is 1. The highest BCUT2D eigenvalue weighted by atomic mass is 16.7. The smallest absolute Gasteiger partial charge is 0.280 e. The number of aliphatic hydroxyl groups is 1. The molecule has 1 aliphatic heterocycles. The third-order valence-corrected chi connectivity index (χ3v) is 3.69. The van der Waals surface area contributed by atoms with Crippen molar-refractivity contribution in [2.24, 2.45) is 0 Å². The number of allylic oxidation sites excluding steroid dienone is 1. The van der Waals surface area contributed by atoms with Gasteiger partial charge in [-0.2, -0.15) is 5.06 Å². The van der Waals surface area contributed by atoms with E-state index >= 15 is 0 Å². The fraction of sp³-hybridized carbons (Fsp3) is 0.286. The Morgan fingerprint density at radius 2 is 2.11 bits per heavy atom. The SMILES string of the molecule is CON1C(=O)c2ccccc2C2CC(=O)C=CC21O. The summed E-state index contributed by atoms with van der Waals surface area (Å²) in [7, 11) is 1.32. The molecule has 3 rings (SSSR count). The van der Waals surface area contributed by atoms with Gasteiger partial charge in [-0.25, -0.2) is 0 Å². The number of carbonyl (C=O) groups is 2. The zero-order valence-corrected chi connectivity index (χ0v) is 10.4. The number of hydroxylamine groups is 2. The lowest BCUT2D eigenvalue weighted by atomic mass is 9.75. The Labute approximate surface area is 110 Å². The first-order valence-electron chi connectivity index (χ1n) is 6.00. The summed E-state index contributed by atoms with van der Waals surface area (Å²) >= 11 is 0. The highest BCUT2D eigenvalue weighted by Crippen LogP contribution is 2.44. The maximum atomic E-state index is 12.3. The second-order valence-electron chi connectivity index (χ2n) is 4.71. The van der Waals surface area contributed by atoms with Crippen molar-refractivity contribution in [1.29, 1.82) is 0 Å². The van der Waals surface area contributed by atoms with Crippen LogP contribution in [-0.2, 0) is 9.63 Å². The summed E-state index contributed by atoms with van der Waals surface area (Å²) in [5.41, 5.74) is -0.461. The lowest BCUT2D eigenvalue weighted by Gasteiger charge is -2.46. The van der Waals surface area contributed by atoms with E-state index in [1.54, 1.807) is 24.3 Å². The van der Waals surface area contributed by atoms with E-state index in [1.807, 2.05) is 0 Å². The standard InChI is InChI=1S/C14H13NO4/c1-19-15-13(17)11-5-3-2-4-10(11)12-8-9(16)6-7-14(12,15)18/h2-7,12,18H,8H2,1H3. The van der Waals surface area contributed by atoms with Crippen LogP contribution in [0, 0.1) is 0 Å². The third kappa shape index (κ3) is 1.55. The highest BCUT2D eigenvalue weighted by Gasteiger charge is 2.52. The Balaban J connectivity index is 2.24. The zero-order valence-electron chi connectivity index (χ0n) is 10.4. The second kappa shape index (κ2) is 4.01. The monoisotopic (exact) mass is 259 g/mol. The number of rotatable bonds is 1. The lowest BCUT2D eigenvalue weighted by Crippen LogP contribution is -2.58. The average molecular weight is 259 g/mol. The molecule has 1 amide bonds. The Morgan fingerprint density at radius 1 is 1.37 bits per heavy atom. The van der Waals surface area contributed by atoms with Crippen molar-refractivity contribution in [3.8, 4) is 0 Å². The molecule has 0 radical (unpaired) electrons. The van der Waals surface area contributed by atoms with Gasteiger partial charge in [-0.15, -0.1) is 0 Å². The largest absolute Gasteiger partial charge is 0.365 e. The molecule has 0 saturated heterocycles. The first-order chi connectivity index (χ1) is 9.08. The van der Waals surface area contributed by atoms with Gasteiger partial charge in [-0.05, 0) is 23.8 Å². The van der Waals surface area contributed by atoms with Gasteiger partial charge in [-0.1, -0.05) is 18.2 Å². The van der Waals surface area contributed by atoms with Gasteiger partial charge in [0.25, 0.3) is 5.91 Å². The fourth-order valence-electron chi connectivity index (χ4n) is 2.80. The number of nitrogens with zero attached hydrogens (tertiary/aromatic N) is 1. The molecule has 0 saturated carbocycles. The number of hydrogen-bond donors (Lipinski definition) is 1. The molecule has 98 valence electrons.